The van der Waals surface area contributed by atoms with Gasteiger partial charge in [-0.05, 0) is 30.5 Å². The Bertz CT molecular complexity index is 933. The van der Waals surface area contributed by atoms with Gasteiger partial charge < -0.3 is 9.88 Å². The number of nitrogens with zero attached hydrogens (tertiary/aromatic N) is 4. The van der Waals surface area contributed by atoms with Gasteiger partial charge in [-0.25, -0.2) is 9.97 Å². The van der Waals surface area contributed by atoms with Gasteiger partial charge in [0.2, 0.25) is 5.91 Å². The van der Waals surface area contributed by atoms with Crippen LogP contribution < -0.4 is 5.32 Å². The number of benzene rings is 1. The maximum atomic E-state index is 13.1. The molecule has 1 saturated carbocycles. The number of rotatable bonds is 6. The summed E-state index contributed by atoms with van der Waals surface area (Å²) in [7, 11) is 0. The fraction of sp³-hybridized carbons (Fsp3) is 0.333. The number of halogens is 1. The zero-order valence-electron chi connectivity index (χ0n) is 15.5. The molecular weight excluding hydrogens is 374 g/mol. The van der Waals surface area contributed by atoms with Crippen molar-refractivity contribution in [3.63, 3.8) is 0 Å². The van der Waals surface area contributed by atoms with Crippen molar-refractivity contribution in [1.29, 1.82) is 0 Å². The number of amides is 1. The summed E-state index contributed by atoms with van der Waals surface area (Å²) in [5.41, 5.74) is 1.31. The molecule has 28 heavy (non-hydrogen) atoms. The van der Waals surface area contributed by atoms with Crippen LogP contribution in [0.1, 0.15) is 31.2 Å². The van der Waals surface area contributed by atoms with Gasteiger partial charge in [0, 0.05) is 42.9 Å². The molecule has 0 bridgehead atoms. The van der Waals surface area contributed by atoms with Crippen LogP contribution in [0.4, 0.5) is 0 Å². The topological polar surface area (TPSA) is 72.7 Å². The highest BCUT2D eigenvalue weighted by molar-refractivity contribution is 6.30. The lowest BCUT2D eigenvalue weighted by atomic mass is 9.78. The number of nitrogens with one attached hydrogen (secondary N) is 1. The molecule has 7 heteroatoms. The first-order chi connectivity index (χ1) is 13.7. The smallest absolute Gasteiger partial charge is 0.230 e. The highest BCUT2D eigenvalue weighted by atomic mass is 35.5. The van der Waals surface area contributed by atoms with Crippen LogP contribution in [0, 0.1) is 0 Å². The Morgan fingerprint density at radius 3 is 2.61 bits per heavy atom. The number of carbonyl (C=O) groups excluding carboxylic acids is 1. The van der Waals surface area contributed by atoms with Gasteiger partial charge in [-0.2, -0.15) is 0 Å². The van der Waals surface area contributed by atoms with Crippen molar-refractivity contribution in [1.82, 2.24) is 24.8 Å². The number of imidazole rings is 1. The van der Waals surface area contributed by atoms with E-state index in [1.807, 2.05) is 35.0 Å². The maximum Gasteiger partial charge on any atom is 0.230 e. The zero-order valence-corrected chi connectivity index (χ0v) is 16.3. The quantitative estimate of drug-likeness (QED) is 0.691. The van der Waals surface area contributed by atoms with Crippen LogP contribution in [0.2, 0.25) is 5.02 Å². The van der Waals surface area contributed by atoms with Crippen LogP contribution in [0.25, 0.3) is 11.5 Å². The second kappa shape index (κ2) is 8.10. The molecule has 1 N–H and O–H groups in total. The first-order valence-corrected chi connectivity index (χ1v) is 9.89. The highest BCUT2D eigenvalue weighted by Gasteiger charge is 2.42. The van der Waals surface area contributed by atoms with Crippen LogP contribution in [-0.4, -0.2) is 32.0 Å². The van der Waals surface area contributed by atoms with Crippen LogP contribution in [0.15, 0.2) is 55.2 Å². The van der Waals surface area contributed by atoms with E-state index in [4.69, 9.17) is 11.6 Å². The molecule has 144 valence electrons. The molecule has 0 atom stereocenters. The maximum absolute atomic E-state index is 13.1. The van der Waals surface area contributed by atoms with Gasteiger partial charge in [0.1, 0.15) is 5.69 Å². The molecule has 0 aliphatic heterocycles. The molecule has 1 aliphatic carbocycles. The van der Waals surface area contributed by atoms with Gasteiger partial charge >= 0.3 is 0 Å². The molecular formula is C21H22ClN5O. The molecule has 0 unspecified atom stereocenters. The Kier molecular flexibility index (Phi) is 5.39. The molecule has 0 radical (unpaired) electrons. The predicted molar refractivity (Wildman–Crippen MR) is 108 cm³/mol. The zero-order chi connectivity index (χ0) is 19.4. The second-order valence-corrected chi connectivity index (χ2v) is 7.52. The van der Waals surface area contributed by atoms with Gasteiger partial charge in [-0.15, -0.1) is 0 Å². The Balaban J connectivity index is 1.44. The summed E-state index contributed by atoms with van der Waals surface area (Å²) in [6.45, 7) is 1.14. The Morgan fingerprint density at radius 1 is 1.11 bits per heavy atom. The molecule has 4 rings (SSSR count). The van der Waals surface area contributed by atoms with Crippen molar-refractivity contribution < 1.29 is 4.79 Å². The molecule has 1 fully saturated rings. The molecule has 1 amide bonds. The number of hydrogen-bond donors (Lipinski definition) is 1. The normalized spacial score (nSPS) is 15.5. The Hall–Kier alpha value is -2.73. The van der Waals surface area contributed by atoms with Crippen LogP contribution in [0.5, 0.6) is 0 Å². The summed E-state index contributed by atoms with van der Waals surface area (Å²) < 4.78 is 1.98. The van der Waals surface area contributed by atoms with Crippen molar-refractivity contribution >= 4 is 17.5 Å². The van der Waals surface area contributed by atoms with Crippen molar-refractivity contribution in [2.45, 2.75) is 37.6 Å². The van der Waals surface area contributed by atoms with E-state index >= 15 is 0 Å². The largest absolute Gasteiger partial charge is 0.354 e. The molecule has 1 aliphatic rings. The highest BCUT2D eigenvalue weighted by Crippen LogP contribution is 2.41. The average Bonchev–Trinajstić information content (AvgIpc) is 3.40. The third kappa shape index (κ3) is 3.64. The van der Waals surface area contributed by atoms with Crippen LogP contribution >= 0.6 is 11.6 Å². The molecule has 2 aromatic heterocycles. The molecule has 6 nitrogen and oxygen atoms in total. The van der Waals surface area contributed by atoms with E-state index in [1.165, 1.54) is 0 Å². The fourth-order valence-corrected chi connectivity index (χ4v) is 4.12. The lowest BCUT2D eigenvalue weighted by molar-refractivity contribution is -0.126. The third-order valence-corrected chi connectivity index (χ3v) is 5.69. The van der Waals surface area contributed by atoms with Gasteiger partial charge in [-0.1, -0.05) is 36.6 Å². The monoisotopic (exact) mass is 395 g/mol. The SMILES string of the molecule is O=C(NCCn1ccnc1-c1cnccn1)C1(c2ccc(Cl)cc2)CCCC1. The Morgan fingerprint density at radius 2 is 1.89 bits per heavy atom. The van der Waals surface area contributed by atoms with Crippen molar-refractivity contribution in [3.8, 4) is 11.5 Å². The predicted octanol–water partition coefficient (Wildman–Crippen LogP) is 3.62. The van der Waals surface area contributed by atoms with E-state index in [2.05, 4.69) is 20.3 Å². The lowest BCUT2D eigenvalue weighted by Crippen LogP contribution is -2.43. The minimum absolute atomic E-state index is 0.0912. The molecule has 1 aromatic carbocycles. The third-order valence-electron chi connectivity index (χ3n) is 5.43. The van der Waals surface area contributed by atoms with E-state index in [0.29, 0.717) is 23.8 Å². The summed E-state index contributed by atoms with van der Waals surface area (Å²) in [4.78, 5) is 25.9. The minimum Gasteiger partial charge on any atom is -0.354 e. The van der Waals surface area contributed by atoms with Gasteiger partial charge in [0.15, 0.2) is 5.82 Å². The summed E-state index contributed by atoms with van der Waals surface area (Å²) in [5, 5.41) is 3.83. The van der Waals surface area contributed by atoms with Gasteiger partial charge in [0.25, 0.3) is 0 Å². The van der Waals surface area contributed by atoms with Gasteiger partial charge in [-0.3, -0.25) is 9.78 Å². The van der Waals surface area contributed by atoms with E-state index in [0.717, 1.165) is 37.1 Å². The van der Waals surface area contributed by atoms with Crippen LogP contribution in [-0.2, 0) is 16.8 Å². The molecule has 0 saturated heterocycles. The lowest BCUT2D eigenvalue weighted by Gasteiger charge is -2.28. The van der Waals surface area contributed by atoms with Crippen LogP contribution in [0.3, 0.4) is 0 Å². The summed E-state index contributed by atoms with van der Waals surface area (Å²) >= 11 is 6.03. The Labute approximate surface area is 169 Å². The van der Waals surface area contributed by atoms with E-state index in [9.17, 15) is 4.79 Å². The summed E-state index contributed by atoms with van der Waals surface area (Å²) in [5.74, 6) is 0.837. The van der Waals surface area contributed by atoms with Crippen molar-refractivity contribution in [2.75, 3.05) is 6.54 Å². The first kappa shape index (κ1) is 18.6. The second-order valence-electron chi connectivity index (χ2n) is 7.09. The van der Waals surface area contributed by atoms with Crippen molar-refractivity contribution in [3.05, 3.63) is 65.8 Å². The van der Waals surface area contributed by atoms with Crippen molar-refractivity contribution in [2.24, 2.45) is 0 Å². The van der Waals surface area contributed by atoms with E-state index in [-0.39, 0.29) is 5.91 Å². The van der Waals surface area contributed by atoms with E-state index in [1.54, 1.807) is 24.8 Å². The van der Waals surface area contributed by atoms with Gasteiger partial charge in [0.05, 0.1) is 11.6 Å². The number of hydrogen-bond acceptors (Lipinski definition) is 4. The number of carbonyl (C=O) groups is 1. The standard InChI is InChI=1S/C21H22ClN5O/c22-17-5-3-16(4-6-17)21(7-1-2-8-21)20(28)26-12-14-27-13-11-25-19(27)18-15-23-9-10-24-18/h3-6,9-11,13,15H,1-2,7-8,12,14H2,(H,26,28). The fourth-order valence-electron chi connectivity index (χ4n) is 3.99. The summed E-state index contributed by atoms with van der Waals surface area (Å²) in [6, 6.07) is 7.69. The van der Waals surface area contributed by atoms with E-state index < -0.39 is 5.41 Å². The minimum atomic E-state index is -0.451. The first-order valence-electron chi connectivity index (χ1n) is 9.51. The molecule has 3 aromatic rings. The number of aromatic nitrogens is 4. The average molecular weight is 396 g/mol. The summed E-state index contributed by atoms with van der Waals surface area (Å²) in [6.07, 6.45) is 12.5. The molecule has 2 heterocycles. The molecule has 0 spiro atoms.